The fourth-order valence-electron chi connectivity index (χ4n) is 1.07. The number of hydrogen-bond acceptors (Lipinski definition) is 8. The number of aliphatic hydroxyl groups excluding tert-OH is 2. The number of hydrogen-bond donors (Lipinski definition) is 5. The monoisotopic (exact) mass is 300 g/mol. The van der Waals surface area contributed by atoms with Crippen LogP contribution in [0.2, 0.25) is 0 Å². The van der Waals surface area contributed by atoms with Crippen molar-refractivity contribution in [1.82, 2.24) is 0 Å². The van der Waals surface area contributed by atoms with Gasteiger partial charge in [0.15, 0.2) is 0 Å². The second kappa shape index (κ2) is 9.38. The van der Waals surface area contributed by atoms with Gasteiger partial charge in [-0.25, -0.2) is 9.36 Å². The van der Waals surface area contributed by atoms with Crippen molar-refractivity contribution in [3.63, 3.8) is 0 Å². The van der Waals surface area contributed by atoms with Gasteiger partial charge in [0, 0.05) is 0 Å². The molecule has 0 saturated carbocycles. The first-order valence-corrected chi connectivity index (χ1v) is 7.27. The molecule has 7 N–H and O–H groups in total. The molecule has 0 aromatic carbocycles. The van der Waals surface area contributed by atoms with Crippen molar-refractivity contribution in [2.24, 2.45) is 11.5 Å². The van der Waals surface area contributed by atoms with Crippen LogP contribution in [0.4, 0.5) is 0 Å². The molecule has 0 spiro atoms. The predicted molar refractivity (Wildman–Crippen MR) is 65.8 cm³/mol. The molecule has 0 aliphatic rings. The van der Waals surface area contributed by atoms with E-state index in [0.717, 1.165) is 0 Å². The van der Waals surface area contributed by atoms with Gasteiger partial charge >= 0.3 is 13.8 Å². The van der Waals surface area contributed by atoms with Crippen molar-refractivity contribution < 1.29 is 33.5 Å². The van der Waals surface area contributed by atoms with Crippen molar-refractivity contribution in [2.75, 3.05) is 19.8 Å². The van der Waals surface area contributed by atoms with E-state index in [-0.39, 0.29) is 6.42 Å². The topological polar surface area (TPSA) is 165 Å². The van der Waals surface area contributed by atoms with Gasteiger partial charge in [0.1, 0.15) is 12.1 Å². The van der Waals surface area contributed by atoms with Gasteiger partial charge in [-0.2, -0.15) is 0 Å². The average molecular weight is 300 g/mol. The number of aliphatic hydroxyl groups is 2. The first-order valence-electron chi connectivity index (χ1n) is 5.77. The van der Waals surface area contributed by atoms with Gasteiger partial charge in [-0.15, -0.1) is 0 Å². The highest BCUT2D eigenvalue weighted by Gasteiger charge is 2.29. The smallest absolute Gasteiger partial charge is 0.394 e. The molecule has 0 aromatic heterocycles. The molecule has 114 valence electrons. The number of carbonyl (C=O) groups excluding carboxylic acids is 1. The maximum absolute atomic E-state index is 11.4. The standard InChI is InChI=1S/C9H21N2O7P/c10-4-2-1-3-8(11)9(14)18-19(15,16)17-6-7(13)5-12/h7-8,12-13H,1-6,10-11H2,(H,15,16)/t7?,8-/m0/s1. The fourth-order valence-corrected chi connectivity index (χ4v) is 1.84. The van der Waals surface area contributed by atoms with E-state index >= 15 is 0 Å². The predicted octanol–water partition coefficient (Wildman–Crippen LogP) is -1.54. The Morgan fingerprint density at radius 1 is 1.37 bits per heavy atom. The minimum absolute atomic E-state index is 0.273. The number of phosphoric acid groups is 1. The van der Waals surface area contributed by atoms with Gasteiger partial charge in [-0.1, -0.05) is 6.42 Å². The zero-order valence-corrected chi connectivity index (χ0v) is 11.4. The second-order valence-electron chi connectivity index (χ2n) is 3.90. The molecule has 0 rings (SSSR count). The third kappa shape index (κ3) is 9.06. The number of nitrogens with two attached hydrogens (primary N) is 2. The lowest BCUT2D eigenvalue weighted by molar-refractivity contribution is -0.137. The van der Waals surface area contributed by atoms with Crippen LogP contribution in [0.25, 0.3) is 0 Å². The van der Waals surface area contributed by atoms with Crippen LogP contribution in [-0.2, 0) is 18.4 Å². The molecule has 0 heterocycles. The largest absolute Gasteiger partial charge is 0.529 e. The number of phosphoric ester groups is 1. The molecule has 0 aromatic rings. The van der Waals surface area contributed by atoms with Gasteiger partial charge in [-0.3, -0.25) is 9.42 Å². The third-order valence-corrected chi connectivity index (χ3v) is 3.00. The summed E-state index contributed by atoms with van der Waals surface area (Å²) in [5.41, 5.74) is 10.7. The molecule has 0 aliphatic heterocycles. The van der Waals surface area contributed by atoms with Crippen LogP contribution in [0, 0.1) is 0 Å². The van der Waals surface area contributed by atoms with Gasteiger partial charge < -0.3 is 26.2 Å². The fraction of sp³-hybridized carbons (Fsp3) is 0.889. The normalized spacial score (nSPS) is 17.5. The SMILES string of the molecule is NCCCC[C@H](N)C(=O)OP(=O)(O)OCC(O)CO. The zero-order chi connectivity index (χ0) is 14.9. The lowest BCUT2D eigenvalue weighted by Gasteiger charge is -2.16. The van der Waals surface area contributed by atoms with Crippen LogP contribution in [0.3, 0.4) is 0 Å². The van der Waals surface area contributed by atoms with Crippen molar-refractivity contribution in [1.29, 1.82) is 0 Å². The van der Waals surface area contributed by atoms with E-state index in [1.807, 2.05) is 0 Å². The zero-order valence-electron chi connectivity index (χ0n) is 10.5. The summed E-state index contributed by atoms with van der Waals surface area (Å²) in [6.45, 7) is -0.824. The highest BCUT2D eigenvalue weighted by molar-refractivity contribution is 7.48. The van der Waals surface area contributed by atoms with Gasteiger partial charge in [0.2, 0.25) is 0 Å². The van der Waals surface area contributed by atoms with Crippen molar-refractivity contribution >= 4 is 13.8 Å². The van der Waals surface area contributed by atoms with E-state index in [4.69, 9.17) is 21.7 Å². The lowest BCUT2D eigenvalue weighted by atomic mass is 10.1. The van der Waals surface area contributed by atoms with E-state index in [1.165, 1.54) is 0 Å². The Labute approximate surface area is 111 Å². The van der Waals surface area contributed by atoms with Crippen LogP contribution in [-0.4, -0.2) is 53.0 Å². The Balaban J connectivity index is 4.10. The van der Waals surface area contributed by atoms with Gasteiger partial charge in [-0.05, 0) is 19.4 Å². The van der Waals surface area contributed by atoms with Crippen LogP contribution < -0.4 is 11.5 Å². The van der Waals surface area contributed by atoms with Crippen LogP contribution in [0.5, 0.6) is 0 Å². The highest BCUT2D eigenvalue weighted by Crippen LogP contribution is 2.43. The first kappa shape index (κ1) is 18.5. The number of unbranched alkanes of at least 4 members (excludes halogenated alkanes) is 1. The first-order chi connectivity index (χ1) is 8.82. The second-order valence-corrected chi connectivity index (χ2v) is 5.28. The van der Waals surface area contributed by atoms with Gasteiger partial charge in [0.25, 0.3) is 0 Å². The molecule has 10 heteroatoms. The van der Waals surface area contributed by atoms with E-state index in [9.17, 15) is 14.3 Å². The summed E-state index contributed by atoms with van der Waals surface area (Å²) in [5.74, 6) is -1.07. The summed E-state index contributed by atoms with van der Waals surface area (Å²) >= 11 is 0. The van der Waals surface area contributed by atoms with Crippen molar-refractivity contribution in [3.8, 4) is 0 Å². The Morgan fingerprint density at radius 3 is 2.53 bits per heavy atom. The van der Waals surface area contributed by atoms with E-state index in [1.54, 1.807) is 0 Å². The lowest BCUT2D eigenvalue weighted by Crippen LogP contribution is -2.32. The van der Waals surface area contributed by atoms with Crippen LogP contribution in [0.15, 0.2) is 0 Å². The molecule has 9 nitrogen and oxygen atoms in total. The molecule has 0 bridgehead atoms. The Bertz CT molecular complexity index is 315. The molecule has 0 fully saturated rings. The molecular formula is C9H21N2O7P. The van der Waals surface area contributed by atoms with Crippen molar-refractivity contribution in [2.45, 2.75) is 31.4 Å². The average Bonchev–Trinajstić information content (AvgIpc) is 2.35. The quantitative estimate of drug-likeness (QED) is 0.237. The summed E-state index contributed by atoms with van der Waals surface area (Å²) < 4.78 is 19.8. The van der Waals surface area contributed by atoms with E-state index in [2.05, 4.69) is 9.05 Å². The maximum Gasteiger partial charge on any atom is 0.529 e. The molecule has 0 amide bonds. The maximum atomic E-state index is 11.4. The van der Waals surface area contributed by atoms with Crippen LogP contribution >= 0.6 is 7.82 Å². The highest BCUT2D eigenvalue weighted by atomic mass is 31.2. The molecular weight excluding hydrogens is 279 g/mol. The number of carbonyl (C=O) groups is 1. The number of rotatable bonds is 10. The molecule has 3 atom stereocenters. The Hall–Kier alpha value is -0.540. The summed E-state index contributed by atoms with van der Waals surface area (Å²) in [5, 5.41) is 17.4. The molecule has 19 heavy (non-hydrogen) atoms. The Morgan fingerprint density at radius 2 is 2.00 bits per heavy atom. The van der Waals surface area contributed by atoms with E-state index in [0.29, 0.717) is 19.4 Å². The van der Waals surface area contributed by atoms with E-state index < -0.39 is 39.2 Å². The Kier molecular flexibility index (Phi) is 9.11. The molecule has 0 radical (unpaired) electrons. The minimum atomic E-state index is -4.63. The minimum Gasteiger partial charge on any atom is -0.394 e. The molecule has 0 saturated heterocycles. The summed E-state index contributed by atoms with van der Waals surface area (Å²) in [6.07, 6.45) is 0.205. The summed E-state index contributed by atoms with van der Waals surface area (Å²) in [7, 11) is -4.63. The van der Waals surface area contributed by atoms with Gasteiger partial charge in [0.05, 0.1) is 13.2 Å². The summed E-state index contributed by atoms with van der Waals surface area (Å²) in [4.78, 5) is 20.5. The summed E-state index contributed by atoms with van der Waals surface area (Å²) in [6, 6.07) is -1.04. The van der Waals surface area contributed by atoms with Crippen molar-refractivity contribution in [3.05, 3.63) is 0 Å². The van der Waals surface area contributed by atoms with Crippen LogP contribution in [0.1, 0.15) is 19.3 Å². The molecule has 0 aliphatic carbocycles. The third-order valence-electron chi connectivity index (χ3n) is 2.12. The molecule has 2 unspecified atom stereocenters.